The van der Waals surface area contributed by atoms with Crippen LogP contribution in [0.3, 0.4) is 0 Å². The molecule has 1 saturated carbocycles. The molecule has 0 bridgehead atoms. The zero-order valence-corrected chi connectivity index (χ0v) is 22.4. The molecule has 1 N–H and O–H groups in total. The van der Waals surface area contributed by atoms with Crippen LogP contribution in [0.2, 0.25) is 0 Å². The highest BCUT2D eigenvalue weighted by Crippen LogP contribution is 2.33. The van der Waals surface area contributed by atoms with Crippen LogP contribution in [0.1, 0.15) is 90.2 Å². The second kappa shape index (κ2) is 10.1. The smallest absolute Gasteiger partial charge is 0.279 e. The summed E-state index contributed by atoms with van der Waals surface area (Å²) in [5.74, 6) is -0.407. The molecule has 1 aliphatic carbocycles. The lowest BCUT2D eigenvalue weighted by Crippen LogP contribution is -2.48. The summed E-state index contributed by atoms with van der Waals surface area (Å²) in [6, 6.07) is 15.2. The second-order valence-electron chi connectivity index (χ2n) is 11.1. The van der Waals surface area contributed by atoms with Gasteiger partial charge in [0.25, 0.3) is 11.8 Å². The van der Waals surface area contributed by atoms with Crippen molar-refractivity contribution in [2.45, 2.75) is 70.5 Å². The highest BCUT2D eigenvalue weighted by atomic mass is 16.5. The van der Waals surface area contributed by atoms with E-state index in [1.54, 1.807) is 42.3 Å². The normalized spacial score (nSPS) is 18.0. The molecule has 8 heteroatoms. The van der Waals surface area contributed by atoms with Crippen molar-refractivity contribution >= 4 is 17.7 Å². The number of hydrogen-bond acceptors (Lipinski definition) is 5. The fourth-order valence-corrected chi connectivity index (χ4v) is 5.26. The molecular formula is C30H34N4O4. The predicted molar refractivity (Wildman–Crippen MR) is 143 cm³/mol. The summed E-state index contributed by atoms with van der Waals surface area (Å²) in [7, 11) is 1.60. The second-order valence-corrected chi connectivity index (χ2v) is 11.1. The zero-order valence-electron chi connectivity index (χ0n) is 22.4. The molecule has 0 saturated heterocycles. The number of benzene rings is 2. The zero-order chi connectivity index (χ0) is 27.0. The van der Waals surface area contributed by atoms with Crippen LogP contribution in [0.25, 0.3) is 0 Å². The van der Waals surface area contributed by atoms with Crippen molar-refractivity contribution in [2.24, 2.45) is 0 Å². The number of methoxy groups -OCH3 is 1. The fraction of sp³-hybridized carbons (Fsp3) is 0.400. The third kappa shape index (κ3) is 4.83. The van der Waals surface area contributed by atoms with Gasteiger partial charge in [-0.25, -0.2) is 0 Å². The maximum Gasteiger partial charge on any atom is 0.279 e. The number of carbonyl (C=O) groups excluding carboxylic acids is 3. The third-order valence-electron chi connectivity index (χ3n) is 7.41. The average Bonchev–Trinajstić information content (AvgIpc) is 3.58. The number of nitrogens with one attached hydrogen (secondary N) is 1. The summed E-state index contributed by atoms with van der Waals surface area (Å²) in [6.07, 6.45) is 3.95. The van der Waals surface area contributed by atoms with E-state index in [1.807, 2.05) is 45.0 Å². The maximum absolute atomic E-state index is 14.3. The third-order valence-corrected chi connectivity index (χ3v) is 7.41. The van der Waals surface area contributed by atoms with Crippen molar-refractivity contribution < 1.29 is 19.1 Å². The number of amides is 2. The molecule has 8 nitrogen and oxygen atoms in total. The van der Waals surface area contributed by atoms with E-state index < -0.39 is 17.9 Å². The lowest BCUT2D eigenvalue weighted by molar-refractivity contribution is -0.126. The first-order valence-corrected chi connectivity index (χ1v) is 13.2. The summed E-state index contributed by atoms with van der Waals surface area (Å²) >= 11 is 0. The van der Waals surface area contributed by atoms with Crippen molar-refractivity contribution in [2.75, 3.05) is 7.11 Å². The van der Waals surface area contributed by atoms with Gasteiger partial charge < -0.3 is 15.0 Å². The Morgan fingerprint density at radius 2 is 1.71 bits per heavy atom. The van der Waals surface area contributed by atoms with Gasteiger partial charge in [-0.1, -0.05) is 63.9 Å². The van der Waals surface area contributed by atoms with Crippen LogP contribution in [0.15, 0.2) is 54.6 Å². The lowest BCUT2D eigenvalue weighted by atomic mass is 9.92. The number of ether oxygens (including phenoxy) is 1. The largest absolute Gasteiger partial charge is 0.497 e. The molecule has 2 aromatic carbocycles. The molecule has 1 fully saturated rings. The molecule has 38 heavy (non-hydrogen) atoms. The van der Waals surface area contributed by atoms with E-state index in [0.717, 1.165) is 31.2 Å². The molecule has 0 spiro atoms. The van der Waals surface area contributed by atoms with Crippen molar-refractivity contribution in [1.82, 2.24) is 20.0 Å². The minimum Gasteiger partial charge on any atom is -0.497 e. The number of carbonyl (C=O) groups is 3. The summed E-state index contributed by atoms with van der Waals surface area (Å²) in [4.78, 5) is 43.6. The van der Waals surface area contributed by atoms with Gasteiger partial charge in [0, 0.05) is 23.6 Å². The van der Waals surface area contributed by atoms with E-state index in [-0.39, 0.29) is 29.6 Å². The molecule has 1 unspecified atom stereocenters. The van der Waals surface area contributed by atoms with Crippen LogP contribution in [-0.2, 0) is 16.8 Å². The highest BCUT2D eigenvalue weighted by molar-refractivity contribution is 6.07. The Morgan fingerprint density at radius 1 is 1.03 bits per heavy atom. The standard InChI is InChI=1S/C30H34N4O4/c1-30(2,3)25-17-24-29(37)33(18-19-13-15-21(38-4)16-14-19)26(27(35)31-20-9-5-6-10-20)22-11-7-8-12-23(22)28(36)34(24)32-25/h7-8,11-17,20,26H,5-6,9-10,18H2,1-4H3,(H,31,35). The number of nitrogens with zero attached hydrogens (tertiary/aromatic N) is 3. The van der Waals surface area contributed by atoms with Gasteiger partial charge in [-0.15, -0.1) is 0 Å². The van der Waals surface area contributed by atoms with Gasteiger partial charge in [0.15, 0.2) is 0 Å². The fourth-order valence-electron chi connectivity index (χ4n) is 5.26. The minimum absolute atomic E-state index is 0.0618. The Balaban J connectivity index is 1.67. The van der Waals surface area contributed by atoms with Crippen molar-refractivity contribution in [3.8, 4) is 5.75 Å². The van der Waals surface area contributed by atoms with Gasteiger partial charge in [0.2, 0.25) is 5.91 Å². The summed E-state index contributed by atoms with van der Waals surface area (Å²) in [5.41, 5.74) is 2.09. The van der Waals surface area contributed by atoms with E-state index in [4.69, 9.17) is 4.74 Å². The SMILES string of the molecule is COc1ccc(CN2C(=O)c3cc(C(C)(C)C)nn3C(=O)c3ccccc3C2C(=O)NC2CCCC2)cc1. The number of aromatic nitrogens is 2. The van der Waals surface area contributed by atoms with Crippen LogP contribution in [-0.4, -0.2) is 45.6 Å². The van der Waals surface area contributed by atoms with Crippen LogP contribution in [0, 0.1) is 0 Å². The molecular weight excluding hydrogens is 480 g/mol. The molecule has 2 aliphatic rings. The number of rotatable bonds is 5. The van der Waals surface area contributed by atoms with Crippen molar-refractivity contribution in [3.63, 3.8) is 0 Å². The van der Waals surface area contributed by atoms with Gasteiger partial charge in [-0.05, 0) is 48.2 Å². The quantitative estimate of drug-likeness (QED) is 0.536. The van der Waals surface area contributed by atoms with Gasteiger partial charge >= 0.3 is 0 Å². The van der Waals surface area contributed by atoms with Crippen LogP contribution in [0.4, 0.5) is 0 Å². The highest BCUT2D eigenvalue weighted by Gasteiger charge is 2.40. The first-order chi connectivity index (χ1) is 18.2. The van der Waals surface area contributed by atoms with Gasteiger partial charge in [0.05, 0.1) is 12.8 Å². The molecule has 2 amide bonds. The number of hydrogen-bond donors (Lipinski definition) is 1. The summed E-state index contributed by atoms with van der Waals surface area (Å²) < 4.78 is 6.50. The molecule has 198 valence electrons. The summed E-state index contributed by atoms with van der Waals surface area (Å²) in [6.45, 7) is 6.13. The molecule has 1 atom stereocenters. The van der Waals surface area contributed by atoms with E-state index in [1.165, 1.54) is 4.68 Å². The van der Waals surface area contributed by atoms with Crippen LogP contribution >= 0.6 is 0 Å². The lowest BCUT2D eigenvalue weighted by Gasteiger charge is -2.34. The van der Waals surface area contributed by atoms with Crippen LogP contribution in [0.5, 0.6) is 5.75 Å². The van der Waals surface area contributed by atoms with E-state index in [9.17, 15) is 14.4 Å². The van der Waals surface area contributed by atoms with Gasteiger partial charge in [0.1, 0.15) is 17.5 Å². The Bertz CT molecular complexity index is 1360. The van der Waals surface area contributed by atoms with E-state index in [2.05, 4.69) is 10.4 Å². The van der Waals surface area contributed by atoms with Crippen molar-refractivity contribution in [1.29, 1.82) is 0 Å². The van der Waals surface area contributed by atoms with Gasteiger partial charge in [-0.3, -0.25) is 14.4 Å². The first kappa shape index (κ1) is 25.7. The average molecular weight is 515 g/mol. The molecule has 2 heterocycles. The molecule has 3 aromatic rings. The Hall–Kier alpha value is -3.94. The van der Waals surface area contributed by atoms with Crippen molar-refractivity contribution in [3.05, 3.63) is 82.7 Å². The molecule has 1 aliphatic heterocycles. The topological polar surface area (TPSA) is 93.5 Å². The van der Waals surface area contributed by atoms with Crippen LogP contribution < -0.4 is 10.1 Å². The molecule has 1 aromatic heterocycles. The molecule has 0 radical (unpaired) electrons. The Labute approximate surface area is 223 Å². The first-order valence-electron chi connectivity index (χ1n) is 13.2. The van der Waals surface area contributed by atoms with E-state index >= 15 is 0 Å². The maximum atomic E-state index is 14.3. The number of fused-ring (bicyclic) bond motifs is 2. The van der Waals surface area contributed by atoms with Gasteiger partial charge in [-0.2, -0.15) is 9.78 Å². The Kier molecular flexibility index (Phi) is 6.82. The monoisotopic (exact) mass is 514 g/mol. The Morgan fingerprint density at radius 3 is 2.37 bits per heavy atom. The minimum atomic E-state index is -0.980. The predicted octanol–water partition coefficient (Wildman–Crippen LogP) is 4.63. The summed E-state index contributed by atoms with van der Waals surface area (Å²) in [5, 5.41) is 7.75. The molecule has 5 rings (SSSR count). The van der Waals surface area contributed by atoms with E-state index in [0.29, 0.717) is 22.6 Å².